The highest BCUT2D eigenvalue weighted by Gasteiger charge is 2.37. The first-order chi connectivity index (χ1) is 12.7. The molecule has 2 heterocycles. The second kappa shape index (κ2) is 6.79. The Labute approximate surface area is 154 Å². The number of hydrogen-bond acceptors (Lipinski definition) is 4. The van der Waals surface area contributed by atoms with Gasteiger partial charge in [-0.1, -0.05) is 12.1 Å². The van der Waals surface area contributed by atoms with E-state index in [1.165, 1.54) is 25.3 Å². The van der Waals surface area contributed by atoms with Crippen LogP contribution >= 0.6 is 0 Å². The zero-order chi connectivity index (χ0) is 19.8. The number of fused-ring (bicyclic) bond motifs is 1. The van der Waals surface area contributed by atoms with Crippen LogP contribution in [0.1, 0.15) is 42.7 Å². The zero-order valence-corrected chi connectivity index (χ0v) is 15.1. The van der Waals surface area contributed by atoms with Crippen LogP contribution in [0.2, 0.25) is 0 Å². The van der Waals surface area contributed by atoms with Gasteiger partial charge in [0.1, 0.15) is 5.82 Å². The summed E-state index contributed by atoms with van der Waals surface area (Å²) in [5.74, 6) is -2.35. The number of halogens is 1. The summed E-state index contributed by atoms with van der Waals surface area (Å²) < 4.78 is 14.9. The van der Waals surface area contributed by atoms with E-state index in [9.17, 15) is 19.1 Å². The lowest BCUT2D eigenvalue weighted by Crippen LogP contribution is -2.49. The number of aromatic nitrogens is 3. The first-order valence-corrected chi connectivity index (χ1v) is 8.37. The molecule has 0 bridgehead atoms. The first kappa shape index (κ1) is 18.5. The van der Waals surface area contributed by atoms with Gasteiger partial charge < -0.3 is 10.4 Å². The van der Waals surface area contributed by atoms with Crippen LogP contribution in [-0.2, 0) is 10.3 Å². The second-order valence-electron chi connectivity index (χ2n) is 6.71. The molecule has 2 N–H and O–H groups in total. The van der Waals surface area contributed by atoms with Gasteiger partial charge in [0.2, 0.25) is 0 Å². The fraction of sp³-hybridized carbons (Fsp3) is 0.263. The lowest BCUT2D eigenvalue weighted by molar-refractivity contribution is -0.144. The van der Waals surface area contributed by atoms with Gasteiger partial charge in [-0.05, 0) is 44.5 Å². The Hall–Kier alpha value is -3.29. The maximum atomic E-state index is 13.2. The third kappa shape index (κ3) is 3.38. The standard InChI is InChI=1S/C19H19FN4O3/c1-11(2)24-16-12(10-22-24)8-13(9-21-16)17(25)23-19(3,18(26)27)14-4-6-15(20)7-5-14/h4-11H,1-3H3,(H,23,25)(H,26,27). The maximum absolute atomic E-state index is 13.2. The van der Waals surface area contributed by atoms with Crippen LogP contribution in [0.3, 0.4) is 0 Å². The molecule has 0 fully saturated rings. The molecule has 0 aliphatic heterocycles. The molecule has 0 aliphatic rings. The summed E-state index contributed by atoms with van der Waals surface area (Å²) in [6.45, 7) is 5.29. The van der Waals surface area contributed by atoms with E-state index in [-0.39, 0.29) is 17.2 Å². The van der Waals surface area contributed by atoms with Crippen molar-refractivity contribution in [2.45, 2.75) is 32.4 Å². The third-order valence-corrected chi connectivity index (χ3v) is 4.40. The van der Waals surface area contributed by atoms with E-state index in [0.29, 0.717) is 11.0 Å². The molecule has 0 spiro atoms. The van der Waals surface area contributed by atoms with Crippen molar-refractivity contribution in [2.24, 2.45) is 0 Å². The molecule has 0 saturated heterocycles. The summed E-state index contributed by atoms with van der Waals surface area (Å²) in [5, 5.41) is 17.1. The van der Waals surface area contributed by atoms with Crippen molar-refractivity contribution in [2.75, 3.05) is 0 Å². The fourth-order valence-electron chi connectivity index (χ4n) is 2.77. The molecule has 7 nitrogen and oxygen atoms in total. The number of carboxylic acids is 1. The number of carbonyl (C=O) groups excluding carboxylic acids is 1. The van der Waals surface area contributed by atoms with Crippen molar-refractivity contribution >= 4 is 22.9 Å². The van der Waals surface area contributed by atoms with Crippen molar-refractivity contribution in [3.05, 3.63) is 59.7 Å². The Morgan fingerprint density at radius 2 is 1.89 bits per heavy atom. The number of carboxylic acid groups (broad SMARTS) is 1. The van der Waals surface area contributed by atoms with Gasteiger partial charge in [-0.3, -0.25) is 4.79 Å². The number of nitrogens with zero attached hydrogens (tertiary/aromatic N) is 3. The van der Waals surface area contributed by atoms with Gasteiger partial charge in [-0.15, -0.1) is 0 Å². The summed E-state index contributed by atoms with van der Waals surface area (Å²) >= 11 is 0. The number of hydrogen-bond donors (Lipinski definition) is 2. The molecule has 140 valence electrons. The molecule has 0 radical (unpaired) electrons. The van der Waals surface area contributed by atoms with Crippen LogP contribution in [0.4, 0.5) is 4.39 Å². The van der Waals surface area contributed by atoms with Gasteiger partial charge in [0.15, 0.2) is 11.2 Å². The van der Waals surface area contributed by atoms with Crippen LogP contribution in [0.5, 0.6) is 0 Å². The zero-order valence-electron chi connectivity index (χ0n) is 15.1. The largest absolute Gasteiger partial charge is 0.479 e. The average Bonchev–Trinajstić information content (AvgIpc) is 3.05. The molecule has 1 aromatic carbocycles. The molecule has 3 aromatic rings. The van der Waals surface area contributed by atoms with E-state index in [0.717, 1.165) is 12.1 Å². The van der Waals surface area contributed by atoms with Crippen molar-refractivity contribution < 1.29 is 19.1 Å². The predicted molar refractivity (Wildman–Crippen MR) is 96.8 cm³/mol. The predicted octanol–water partition coefficient (Wildman–Crippen LogP) is 2.88. The van der Waals surface area contributed by atoms with E-state index in [1.807, 2.05) is 13.8 Å². The van der Waals surface area contributed by atoms with Gasteiger partial charge in [0, 0.05) is 17.6 Å². The number of nitrogens with one attached hydrogen (secondary N) is 1. The molecule has 27 heavy (non-hydrogen) atoms. The number of aliphatic carboxylic acids is 1. The molecule has 3 rings (SSSR count). The molecular weight excluding hydrogens is 351 g/mol. The highest BCUT2D eigenvalue weighted by atomic mass is 19.1. The Morgan fingerprint density at radius 1 is 1.22 bits per heavy atom. The quantitative estimate of drug-likeness (QED) is 0.720. The summed E-state index contributed by atoms with van der Waals surface area (Å²) in [7, 11) is 0. The summed E-state index contributed by atoms with van der Waals surface area (Å²) in [4.78, 5) is 28.8. The van der Waals surface area contributed by atoms with Gasteiger partial charge >= 0.3 is 5.97 Å². The van der Waals surface area contributed by atoms with Crippen LogP contribution in [0.15, 0.2) is 42.7 Å². The van der Waals surface area contributed by atoms with Crippen LogP contribution in [-0.4, -0.2) is 31.7 Å². The van der Waals surface area contributed by atoms with E-state index in [1.54, 1.807) is 16.9 Å². The average molecular weight is 370 g/mol. The van der Waals surface area contributed by atoms with E-state index >= 15 is 0 Å². The Morgan fingerprint density at radius 3 is 2.48 bits per heavy atom. The van der Waals surface area contributed by atoms with Crippen LogP contribution < -0.4 is 5.32 Å². The highest BCUT2D eigenvalue weighted by Crippen LogP contribution is 2.23. The first-order valence-electron chi connectivity index (χ1n) is 8.37. The van der Waals surface area contributed by atoms with Crippen LogP contribution in [0, 0.1) is 5.82 Å². The van der Waals surface area contributed by atoms with Crippen molar-refractivity contribution in [1.29, 1.82) is 0 Å². The lowest BCUT2D eigenvalue weighted by atomic mass is 9.91. The van der Waals surface area contributed by atoms with Crippen molar-refractivity contribution in [3.8, 4) is 0 Å². The molecule has 8 heteroatoms. The van der Waals surface area contributed by atoms with Gasteiger partial charge in [0.25, 0.3) is 5.91 Å². The maximum Gasteiger partial charge on any atom is 0.333 e. The van der Waals surface area contributed by atoms with Gasteiger partial charge in [-0.2, -0.15) is 5.10 Å². The minimum Gasteiger partial charge on any atom is -0.479 e. The molecule has 1 amide bonds. The molecular formula is C19H19FN4O3. The summed E-state index contributed by atoms with van der Waals surface area (Å²) in [6.07, 6.45) is 2.99. The van der Waals surface area contributed by atoms with Crippen molar-refractivity contribution in [3.63, 3.8) is 0 Å². The molecule has 0 aliphatic carbocycles. The monoisotopic (exact) mass is 370 g/mol. The third-order valence-electron chi connectivity index (χ3n) is 4.40. The smallest absolute Gasteiger partial charge is 0.333 e. The van der Waals surface area contributed by atoms with Gasteiger partial charge in [0.05, 0.1) is 11.8 Å². The highest BCUT2D eigenvalue weighted by molar-refractivity contribution is 5.99. The van der Waals surface area contributed by atoms with E-state index < -0.39 is 23.2 Å². The minimum absolute atomic E-state index is 0.114. The van der Waals surface area contributed by atoms with E-state index in [2.05, 4.69) is 15.4 Å². The van der Waals surface area contributed by atoms with Gasteiger partial charge in [-0.25, -0.2) is 18.9 Å². The molecule has 2 aromatic heterocycles. The number of pyridine rings is 1. The summed E-state index contributed by atoms with van der Waals surface area (Å²) in [5.41, 5.74) is -0.616. The molecule has 1 atom stereocenters. The molecule has 0 saturated carbocycles. The molecule has 1 unspecified atom stereocenters. The van der Waals surface area contributed by atoms with Crippen LogP contribution in [0.25, 0.3) is 11.0 Å². The number of benzene rings is 1. The Balaban J connectivity index is 1.93. The van der Waals surface area contributed by atoms with E-state index in [4.69, 9.17) is 0 Å². The van der Waals surface area contributed by atoms with Crippen molar-refractivity contribution in [1.82, 2.24) is 20.1 Å². The second-order valence-corrected chi connectivity index (χ2v) is 6.71. The Kier molecular flexibility index (Phi) is 4.65. The SMILES string of the molecule is CC(C)n1ncc2cc(C(=O)NC(C)(C(=O)O)c3ccc(F)cc3)cnc21. The topological polar surface area (TPSA) is 97.1 Å². The Bertz CT molecular complexity index is 1010. The lowest BCUT2D eigenvalue weighted by Gasteiger charge is -2.26. The minimum atomic E-state index is -1.72. The normalized spacial score (nSPS) is 13.5. The number of rotatable bonds is 5. The summed E-state index contributed by atoms with van der Waals surface area (Å²) in [6, 6.07) is 6.68. The number of carbonyl (C=O) groups is 2. The fourth-order valence-corrected chi connectivity index (χ4v) is 2.77. The number of amides is 1.